The molecule has 0 atom stereocenters. The third-order valence-electron chi connectivity index (χ3n) is 1.87. The molecular weight excluding hydrogens is 314 g/mol. The van der Waals surface area contributed by atoms with Crippen molar-refractivity contribution in [3.8, 4) is 11.6 Å². The lowest BCUT2D eigenvalue weighted by Crippen LogP contribution is -2.08. The molecule has 1 aromatic carbocycles. The Labute approximate surface area is 109 Å². The highest BCUT2D eigenvalue weighted by molar-refractivity contribution is 9.10. The molecule has 0 aliphatic heterocycles. The van der Waals surface area contributed by atoms with E-state index in [-0.39, 0.29) is 26.7 Å². The quantitative estimate of drug-likeness (QED) is 0.925. The lowest BCUT2D eigenvalue weighted by atomic mass is 10.3. The molecule has 2 aromatic rings. The second kappa shape index (κ2) is 4.85. The minimum atomic E-state index is -0.606. The molecule has 4 nitrogen and oxygen atoms in total. The summed E-state index contributed by atoms with van der Waals surface area (Å²) in [4.78, 5) is 17.4. The molecule has 0 bridgehead atoms. The SMILES string of the molecule is O=c1[nH]cnc(Oc2ccc(Cl)c(F)c2)c1Br. The van der Waals surface area contributed by atoms with Crippen LogP contribution >= 0.6 is 27.5 Å². The fraction of sp³-hybridized carbons (Fsp3) is 0. The number of H-pyrrole nitrogens is 1. The minimum Gasteiger partial charge on any atom is -0.437 e. The monoisotopic (exact) mass is 318 g/mol. The van der Waals surface area contributed by atoms with Crippen molar-refractivity contribution in [2.45, 2.75) is 0 Å². The van der Waals surface area contributed by atoms with Gasteiger partial charge >= 0.3 is 0 Å². The Bertz CT molecular complexity index is 617. The second-order valence-electron chi connectivity index (χ2n) is 3.03. The Balaban J connectivity index is 2.35. The average molecular weight is 320 g/mol. The Morgan fingerprint density at radius 3 is 2.94 bits per heavy atom. The number of aromatic amines is 1. The summed E-state index contributed by atoms with van der Waals surface area (Å²) in [5.74, 6) is -0.355. The highest BCUT2D eigenvalue weighted by Gasteiger charge is 2.09. The van der Waals surface area contributed by atoms with Crippen molar-refractivity contribution in [3.63, 3.8) is 0 Å². The van der Waals surface area contributed by atoms with Crippen LogP contribution in [-0.2, 0) is 0 Å². The Kier molecular flexibility index (Phi) is 3.44. The summed E-state index contributed by atoms with van der Waals surface area (Å²) in [6.45, 7) is 0. The highest BCUT2D eigenvalue weighted by Crippen LogP contribution is 2.26. The maximum Gasteiger partial charge on any atom is 0.268 e. The number of nitrogens with zero attached hydrogens (tertiary/aromatic N) is 1. The predicted octanol–water partition coefficient (Wildman–Crippen LogP) is 3.12. The molecule has 2 rings (SSSR count). The van der Waals surface area contributed by atoms with Crippen LogP contribution in [0.25, 0.3) is 0 Å². The van der Waals surface area contributed by atoms with Crippen LogP contribution in [0.3, 0.4) is 0 Å². The van der Waals surface area contributed by atoms with Crippen LogP contribution in [0.4, 0.5) is 4.39 Å². The number of hydrogen-bond acceptors (Lipinski definition) is 3. The van der Waals surface area contributed by atoms with Gasteiger partial charge in [0.15, 0.2) is 0 Å². The van der Waals surface area contributed by atoms with E-state index in [2.05, 4.69) is 25.9 Å². The van der Waals surface area contributed by atoms with Crippen LogP contribution in [-0.4, -0.2) is 9.97 Å². The standard InChI is InChI=1S/C10H5BrClFN2O2/c11-8-9(16)14-4-15-10(8)17-5-1-2-6(12)7(13)3-5/h1-4H,(H,14,15,16). The number of benzene rings is 1. The Morgan fingerprint density at radius 1 is 1.47 bits per heavy atom. The van der Waals surface area contributed by atoms with Gasteiger partial charge in [-0.1, -0.05) is 11.6 Å². The summed E-state index contributed by atoms with van der Waals surface area (Å²) in [6.07, 6.45) is 1.19. The number of rotatable bonds is 2. The molecule has 7 heteroatoms. The van der Waals surface area contributed by atoms with E-state index in [1.165, 1.54) is 18.5 Å². The van der Waals surface area contributed by atoms with Gasteiger partial charge in [-0.3, -0.25) is 4.79 Å². The molecule has 0 saturated heterocycles. The number of aromatic nitrogens is 2. The van der Waals surface area contributed by atoms with E-state index in [4.69, 9.17) is 16.3 Å². The van der Waals surface area contributed by atoms with Crippen molar-refractivity contribution in [1.82, 2.24) is 9.97 Å². The van der Waals surface area contributed by atoms with E-state index < -0.39 is 5.82 Å². The van der Waals surface area contributed by atoms with Crippen LogP contribution in [0.15, 0.2) is 33.8 Å². The van der Waals surface area contributed by atoms with Crippen molar-refractivity contribution >= 4 is 27.5 Å². The summed E-state index contributed by atoms with van der Waals surface area (Å²) < 4.78 is 18.5. The van der Waals surface area contributed by atoms with Crippen LogP contribution in [0.1, 0.15) is 0 Å². The zero-order chi connectivity index (χ0) is 12.4. The fourth-order valence-electron chi connectivity index (χ4n) is 1.09. The first kappa shape index (κ1) is 12.1. The van der Waals surface area contributed by atoms with Crippen molar-refractivity contribution in [1.29, 1.82) is 0 Å². The molecule has 0 unspecified atom stereocenters. The largest absolute Gasteiger partial charge is 0.437 e. The summed E-state index contributed by atoms with van der Waals surface area (Å²) in [7, 11) is 0. The summed E-state index contributed by atoms with van der Waals surface area (Å²) >= 11 is 8.55. The lowest BCUT2D eigenvalue weighted by molar-refractivity contribution is 0.452. The maximum absolute atomic E-state index is 13.1. The van der Waals surface area contributed by atoms with Gasteiger partial charge in [-0.15, -0.1) is 0 Å². The molecule has 0 amide bonds. The van der Waals surface area contributed by atoms with E-state index in [1.54, 1.807) is 0 Å². The molecule has 1 aromatic heterocycles. The van der Waals surface area contributed by atoms with E-state index in [9.17, 15) is 9.18 Å². The highest BCUT2D eigenvalue weighted by atomic mass is 79.9. The Hall–Kier alpha value is -1.40. The van der Waals surface area contributed by atoms with Crippen LogP contribution in [0.2, 0.25) is 5.02 Å². The number of nitrogens with one attached hydrogen (secondary N) is 1. The first-order chi connectivity index (χ1) is 8.08. The molecular formula is C10H5BrClFN2O2. The van der Waals surface area contributed by atoms with E-state index in [1.807, 2.05) is 0 Å². The van der Waals surface area contributed by atoms with Crippen LogP contribution in [0, 0.1) is 5.82 Å². The third kappa shape index (κ3) is 2.65. The molecule has 0 radical (unpaired) electrons. The van der Waals surface area contributed by atoms with Gasteiger partial charge in [0.25, 0.3) is 5.56 Å². The van der Waals surface area contributed by atoms with Gasteiger partial charge in [0.1, 0.15) is 16.0 Å². The second-order valence-corrected chi connectivity index (χ2v) is 4.23. The van der Waals surface area contributed by atoms with Gasteiger partial charge in [0.05, 0.1) is 11.3 Å². The zero-order valence-electron chi connectivity index (χ0n) is 8.21. The topological polar surface area (TPSA) is 55.0 Å². The number of halogens is 3. The molecule has 0 aliphatic carbocycles. The molecule has 1 N–H and O–H groups in total. The molecule has 1 heterocycles. The average Bonchev–Trinajstić information content (AvgIpc) is 2.30. The predicted molar refractivity (Wildman–Crippen MR) is 64.0 cm³/mol. The summed E-state index contributed by atoms with van der Waals surface area (Å²) in [5, 5.41) is -0.00437. The molecule has 88 valence electrons. The molecule has 17 heavy (non-hydrogen) atoms. The fourth-order valence-corrected chi connectivity index (χ4v) is 1.51. The molecule has 0 fully saturated rings. The van der Waals surface area contributed by atoms with E-state index in [0.717, 1.165) is 6.07 Å². The molecule has 0 saturated carbocycles. The van der Waals surface area contributed by atoms with Crippen molar-refractivity contribution in [2.75, 3.05) is 0 Å². The van der Waals surface area contributed by atoms with Crippen molar-refractivity contribution in [3.05, 3.63) is 50.2 Å². The maximum atomic E-state index is 13.1. The Morgan fingerprint density at radius 2 is 2.24 bits per heavy atom. The van der Waals surface area contributed by atoms with E-state index in [0.29, 0.717) is 0 Å². The van der Waals surface area contributed by atoms with Gasteiger partial charge in [-0.2, -0.15) is 0 Å². The lowest BCUT2D eigenvalue weighted by Gasteiger charge is -2.05. The third-order valence-corrected chi connectivity index (χ3v) is 2.88. The first-order valence-corrected chi connectivity index (χ1v) is 5.61. The van der Waals surface area contributed by atoms with Crippen molar-refractivity contribution < 1.29 is 9.13 Å². The van der Waals surface area contributed by atoms with Gasteiger partial charge < -0.3 is 9.72 Å². The van der Waals surface area contributed by atoms with Gasteiger partial charge in [-0.25, -0.2) is 9.37 Å². The van der Waals surface area contributed by atoms with Gasteiger partial charge in [-0.05, 0) is 28.1 Å². The van der Waals surface area contributed by atoms with Crippen LogP contribution < -0.4 is 10.3 Å². The number of hydrogen-bond donors (Lipinski definition) is 1. The normalized spacial score (nSPS) is 10.3. The van der Waals surface area contributed by atoms with Gasteiger partial charge in [0, 0.05) is 6.07 Å². The number of ether oxygens (including phenoxy) is 1. The zero-order valence-corrected chi connectivity index (χ0v) is 10.5. The van der Waals surface area contributed by atoms with E-state index >= 15 is 0 Å². The summed E-state index contributed by atoms with van der Waals surface area (Å²) in [5.41, 5.74) is -0.385. The van der Waals surface area contributed by atoms with Crippen LogP contribution in [0.5, 0.6) is 11.6 Å². The molecule has 0 spiro atoms. The molecule has 0 aliphatic rings. The summed E-state index contributed by atoms with van der Waals surface area (Å²) in [6, 6.07) is 3.94. The minimum absolute atomic E-state index is 0.00437. The smallest absolute Gasteiger partial charge is 0.268 e. The van der Waals surface area contributed by atoms with Gasteiger partial charge in [0.2, 0.25) is 5.88 Å². The van der Waals surface area contributed by atoms with Crippen molar-refractivity contribution in [2.24, 2.45) is 0 Å². The first-order valence-electron chi connectivity index (χ1n) is 4.44.